The van der Waals surface area contributed by atoms with Crippen molar-refractivity contribution in [3.05, 3.63) is 63.7 Å². The number of nitrogens with one attached hydrogen (secondary N) is 1. The molecule has 0 heterocycles. The summed E-state index contributed by atoms with van der Waals surface area (Å²) in [6, 6.07) is 11.4. The van der Waals surface area contributed by atoms with E-state index >= 15 is 0 Å². The van der Waals surface area contributed by atoms with Crippen LogP contribution in [0.1, 0.15) is 53.4 Å². The van der Waals surface area contributed by atoms with E-state index in [1.165, 1.54) is 11.1 Å². The first-order valence-electron chi connectivity index (χ1n) is 8.26. The minimum absolute atomic E-state index is 0.0246. The first-order chi connectivity index (χ1) is 11.5. The SMILES string of the molecule is CCOc1ccc(C(=O)N[C@@H](CC)c2ccc(C)cc2C)cc1Cl. The second-order valence-electron chi connectivity index (χ2n) is 5.87. The van der Waals surface area contributed by atoms with Crippen LogP contribution in [0.3, 0.4) is 0 Å². The van der Waals surface area contributed by atoms with Gasteiger partial charge in [0.2, 0.25) is 0 Å². The number of hydrogen-bond donors (Lipinski definition) is 1. The highest BCUT2D eigenvalue weighted by Gasteiger charge is 2.17. The Morgan fingerprint density at radius 3 is 2.50 bits per heavy atom. The number of carbonyl (C=O) groups excluding carboxylic acids is 1. The number of carbonyl (C=O) groups is 1. The molecule has 128 valence electrons. The number of rotatable bonds is 6. The second-order valence-corrected chi connectivity index (χ2v) is 6.28. The van der Waals surface area contributed by atoms with Crippen LogP contribution in [0.2, 0.25) is 5.02 Å². The van der Waals surface area contributed by atoms with Crippen LogP contribution in [0, 0.1) is 13.8 Å². The van der Waals surface area contributed by atoms with Crippen molar-refractivity contribution in [2.45, 2.75) is 40.2 Å². The van der Waals surface area contributed by atoms with Crippen molar-refractivity contribution >= 4 is 17.5 Å². The molecule has 2 aromatic carbocycles. The fourth-order valence-electron chi connectivity index (χ4n) is 2.77. The van der Waals surface area contributed by atoms with E-state index in [2.05, 4.69) is 44.3 Å². The molecule has 4 heteroatoms. The van der Waals surface area contributed by atoms with Crippen LogP contribution in [-0.2, 0) is 0 Å². The van der Waals surface area contributed by atoms with Crippen LogP contribution in [0.4, 0.5) is 0 Å². The van der Waals surface area contributed by atoms with Gasteiger partial charge < -0.3 is 10.1 Å². The maximum atomic E-state index is 12.6. The molecule has 0 aliphatic heterocycles. The molecule has 0 saturated heterocycles. The lowest BCUT2D eigenvalue weighted by Crippen LogP contribution is -2.28. The summed E-state index contributed by atoms with van der Waals surface area (Å²) in [7, 11) is 0. The van der Waals surface area contributed by atoms with Crippen LogP contribution in [0.5, 0.6) is 5.75 Å². The molecular weight excluding hydrogens is 322 g/mol. The van der Waals surface area contributed by atoms with Crippen LogP contribution < -0.4 is 10.1 Å². The Bertz CT molecular complexity index is 728. The van der Waals surface area contributed by atoms with Crippen molar-refractivity contribution in [2.24, 2.45) is 0 Å². The number of hydrogen-bond acceptors (Lipinski definition) is 2. The van der Waals surface area contributed by atoms with E-state index in [-0.39, 0.29) is 11.9 Å². The zero-order chi connectivity index (χ0) is 17.7. The number of benzene rings is 2. The number of aryl methyl sites for hydroxylation is 2. The monoisotopic (exact) mass is 345 g/mol. The molecule has 3 nitrogen and oxygen atoms in total. The van der Waals surface area contributed by atoms with Gasteiger partial charge in [0, 0.05) is 5.56 Å². The topological polar surface area (TPSA) is 38.3 Å². The van der Waals surface area contributed by atoms with E-state index in [1.54, 1.807) is 18.2 Å². The highest BCUT2D eigenvalue weighted by atomic mass is 35.5. The predicted octanol–water partition coefficient (Wildman–Crippen LogP) is 5.24. The van der Waals surface area contributed by atoms with E-state index in [9.17, 15) is 4.79 Å². The van der Waals surface area contributed by atoms with Crippen molar-refractivity contribution in [1.29, 1.82) is 0 Å². The zero-order valence-corrected chi connectivity index (χ0v) is 15.4. The lowest BCUT2D eigenvalue weighted by atomic mass is 9.97. The predicted molar refractivity (Wildman–Crippen MR) is 99.0 cm³/mol. The van der Waals surface area contributed by atoms with Gasteiger partial charge in [-0.15, -0.1) is 0 Å². The van der Waals surface area contributed by atoms with Crippen molar-refractivity contribution in [3.8, 4) is 5.75 Å². The molecule has 1 amide bonds. The first-order valence-corrected chi connectivity index (χ1v) is 8.64. The van der Waals surface area contributed by atoms with Gasteiger partial charge >= 0.3 is 0 Å². The molecule has 2 aromatic rings. The summed E-state index contributed by atoms with van der Waals surface area (Å²) in [5, 5.41) is 3.55. The first kappa shape index (κ1) is 18.3. The Labute approximate surface area is 149 Å². The summed E-state index contributed by atoms with van der Waals surface area (Å²) in [5.41, 5.74) is 4.09. The highest BCUT2D eigenvalue weighted by molar-refractivity contribution is 6.32. The van der Waals surface area contributed by atoms with Gasteiger partial charge in [-0.2, -0.15) is 0 Å². The second kappa shape index (κ2) is 8.20. The Balaban J connectivity index is 2.19. The highest BCUT2D eigenvalue weighted by Crippen LogP contribution is 2.26. The van der Waals surface area contributed by atoms with Crippen molar-refractivity contribution in [2.75, 3.05) is 6.61 Å². The molecule has 24 heavy (non-hydrogen) atoms. The average Bonchev–Trinajstić information content (AvgIpc) is 2.55. The number of amides is 1. The minimum Gasteiger partial charge on any atom is -0.492 e. The summed E-state index contributed by atoms with van der Waals surface area (Å²) in [6.45, 7) is 8.64. The lowest BCUT2D eigenvalue weighted by molar-refractivity contribution is 0.0935. The molecule has 0 fully saturated rings. The Morgan fingerprint density at radius 1 is 1.17 bits per heavy atom. The van der Waals surface area contributed by atoms with E-state index in [4.69, 9.17) is 16.3 Å². The summed E-state index contributed by atoms with van der Waals surface area (Å²) in [4.78, 5) is 12.6. The van der Waals surface area contributed by atoms with E-state index < -0.39 is 0 Å². The quantitative estimate of drug-likeness (QED) is 0.777. The van der Waals surface area contributed by atoms with E-state index in [0.717, 1.165) is 12.0 Å². The summed E-state index contributed by atoms with van der Waals surface area (Å²) in [5.74, 6) is 0.462. The van der Waals surface area contributed by atoms with Gasteiger partial charge in [0.25, 0.3) is 5.91 Å². The van der Waals surface area contributed by atoms with Crippen LogP contribution >= 0.6 is 11.6 Å². The Kier molecular flexibility index (Phi) is 6.27. The zero-order valence-electron chi connectivity index (χ0n) is 14.7. The molecule has 0 aliphatic carbocycles. The van der Waals surface area contributed by atoms with Crippen LogP contribution in [0.25, 0.3) is 0 Å². The molecule has 0 bridgehead atoms. The van der Waals surface area contributed by atoms with Gasteiger partial charge in [0.15, 0.2) is 0 Å². The van der Waals surface area contributed by atoms with Crippen molar-refractivity contribution in [1.82, 2.24) is 5.32 Å². The minimum atomic E-state index is -0.133. The van der Waals surface area contributed by atoms with Crippen molar-refractivity contribution < 1.29 is 9.53 Å². The molecule has 0 aromatic heterocycles. The van der Waals surface area contributed by atoms with Gasteiger partial charge in [0.1, 0.15) is 5.75 Å². The molecule has 2 rings (SSSR count). The molecule has 1 N–H and O–H groups in total. The van der Waals surface area contributed by atoms with Crippen molar-refractivity contribution in [3.63, 3.8) is 0 Å². The molecule has 0 spiro atoms. The number of ether oxygens (including phenoxy) is 1. The maximum Gasteiger partial charge on any atom is 0.251 e. The number of halogens is 1. The Morgan fingerprint density at radius 2 is 1.92 bits per heavy atom. The fourth-order valence-corrected chi connectivity index (χ4v) is 3.01. The van der Waals surface area contributed by atoms with E-state index in [1.807, 2.05) is 6.92 Å². The smallest absolute Gasteiger partial charge is 0.251 e. The third kappa shape index (κ3) is 4.30. The lowest BCUT2D eigenvalue weighted by Gasteiger charge is -2.20. The summed E-state index contributed by atoms with van der Waals surface area (Å²) in [6.07, 6.45) is 0.820. The molecule has 0 saturated carbocycles. The third-order valence-corrected chi connectivity index (χ3v) is 4.30. The van der Waals surface area contributed by atoms with Crippen LogP contribution in [-0.4, -0.2) is 12.5 Å². The Hall–Kier alpha value is -2.00. The van der Waals surface area contributed by atoms with Gasteiger partial charge in [-0.25, -0.2) is 0 Å². The van der Waals surface area contributed by atoms with Gasteiger partial charge in [-0.05, 0) is 56.5 Å². The fraction of sp³-hybridized carbons (Fsp3) is 0.350. The normalized spacial score (nSPS) is 11.9. The standard InChI is InChI=1S/C20H24ClNO2/c1-5-18(16-9-7-13(3)11-14(16)4)22-20(23)15-8-10-19(24-6-2)17(21)12-15/h7-12,18H,5-6H2,1-4H3,(H,22,23)/t18-/m0/s1. The maximum absolute atomic E-state index is 12.6. The van der Waals surface area contributed by atoms with Gasteiger partial charge in [-0.1, -0.05) is 42.3 Å². The van der Waals surface area contributed by atoms with E-state index in [0.29, 0.717) is 22.9 Å². The molecule has 1 atom stereocenters. The molecule has 0 radical (unpaired) electrons. The molecule has 0 unspecified atom stereocenters. The van der Waals surface area contributed by atoms with Crippen LogP contribution in [0.15, 0.2) is 36.4 Å². The largest absolute Gasteiger partial charge is 0.492 e. The van der Waals surface area contributed by atoms with Gasteiger partial charge in [0.05, 0.1) is 17.7 Å². The third-order valence-electron chi connectivity index (χ3n) is 4.01. The summed E-state index contributed by atoms with van der Waals surface area (Å²) >= 11 is 6.18. The molecule has 0 aliphatic rings. The van der Waals surface area contributed by atoms with Gasteiger partial charge in [-0.3, -0.25) is 4.79 Å². The molecular formula is C20H24ClNO2. The summed E-state index contributed by atoms with van der Waals surface area (Å²) < 4.78 is 5.41. The average molecular weight is 346 g/mol.